The van der Waals surface area contributed by atoms with Gasteiger partial charge in [0.2, 0.25) is 0 Å². The molecular weight excluding hydrogens is 462 g/mol. The van der Waals surface area contributed by atoms with Crippen LogP contribution in [-0.2, 0) is 0 Å². The van der Waals surface area contributed by atoms with Crippen molar-refractivity contribution in [3.63, 3.8) is 0 Å². The van der Waals surface area contributed by atoms with E-state index in [1.165, 1.54) is 7.11 Å². The number of hydrogen-bond acceptors (Lipinski definition) is 5. The summed E-state index contributed by atoms with van der Waals surface area (Å²) < 4.78 is 6.83. The maximum atomic E-state index is 13.7. The number of phenols is 1. The van der Waals surface area contributed by atoms with E-state index in [2.05, 4.69) is 16.8 Å². The summed E-state index contributed by atoms with van der Waals surface area (Å²) in [5.41, 5.74) is 4.52. The fourth-order valence-electron chi connectivity index (χ4n) is 4.03. The van der Waals surface area contributed by atoms with Crippen molar-refractivity contribution in [1.29, 1.82) is 0 Å². The Bertz CT molecular complexity index is 1760. The molecule has 0 saturated carbocycles. The topological polar surface area (TPSA) is 77.2 Å². The molecule has 0 amide bonds. The lowest BCUT2D eigenvalue weighted by Crippen LogP contribution is -2.23. The third kappa shape index (κ3) is 4.97. The first-order chi connectivity index (χ1) is 18.0. The first kappa shape index (κ1) is 23.6. The molecule has 0 fully saturated rings. The second-order valence-corrected chi connectivity index (χ2v) is 8.39. The van der Waals surface area contributed by atoms with Crippen molar-refractivity contribution < 1.29 is 9.84 Å². The monoisotopic (exact) mass is 485 g/mol. The number of rotatable bonds is 4. The highest BCUT2D eigenvalue weighted by Gasteiger charge is 2.13. The van der Waals surface area contributed by atoms with E-state index in [1.807, 2.05) is 61.5 Å². The minimum absolute atomic E-state index is 0.0581. The van der Waals surface area contributed by atoms with Crippen molar-refractivity contribution in [2.24, 2.45) is 0 Å². The zero-order valence-electron chi connectivity index (χ0n) is 20.3. The number of hydrogen-bond donors (Lipinski definition) is 1. The van der Waals surface area contributed by atoms with E-state index in [0.717, 1.165) is 27.9 Å². The zero-order valence-corrected chi connectivity index (χ0v) is 20.3. The van der Waals surface area contributed by atoms with Crippen LogP contribution in [0.5, 0.6) is 11.5 Å². The molecule has 5 rings (SSSR count). The van der Waals surface area contributed by atoms with Gasteiger partial charge in [0.15, 0.2) is 11.5 Å². The van der Waals surface area contributed by atoms with E-state index < -0.39 is 0 Å². The molecule has 0 radical (unpaired) electrons. The molecule has 0 aliphatic rings. The molecule has 180 valence electrons. The summed E-state index contributed by atoms with van der Waals surface area (Å²) in [6, 6.07) is 21.8. The van der Waals surface area contributed by atoms with Crippen LogP contribution >= 0.6 is 0 Å². The number of aryl methyl sites for hydroxylation is 1. The summed E-state index contributed by atoms with van der Waals surface area (Å²) in [4.78, 5) is 22.5. The fraction of sp³-hybridized carbons (Fsp3) is 0.0645. The summed E-state index contributed by atoms with van der Waals surface area (Å²) in [5, 5.41) is 10.4. The number of methoxy groups -OCH3 is 1. The van der Waals surface area contributed by atoms with E-state index in [0.29, 0.717) is 22.5 Å². The van der Waals surface area contributed by atoms with E-state index in [4.69, 9.17) is 9.72 Å². The number of fused-ring (bicyclic) bond motifs is 1. The molecule has 0 spiro atoms. The molecule has 6 heteroatoms. The lowest BCUT2D eigenvalue weighted by Gasteiger charge is -2.14. The van der Waals surface area contributed by atoms with Gasteiger partial charge in [0.25, 0.3) is 5.56 Å². The van der Waals surface area contributed by atoms with Crippen LogP contribution in [0.3, 0.4) is 0 Å². The molecule has 37 heavy (non-hydrogen) atoms. The first-order valence-electron chi connectivity index (χ1n) is 11.6. The van der Waals surface area contributed by atoms with Crippen LogP contribution in [0.2, 0.25) is 0 Å². The lowest BCUT2D eigenvalue weighted by molar-refractivity contribution is 0.373. The third-order valence-corrected chi connectivity index (χ3v) is 5.88. The highest BCUT2D eigenvalue weighted by molar-refractivity contribution is 5.80. The Morgan fingerprint density at radius 2 is 1.78 bits per heavy atom. The number of para-hydroxylation sites is 1. The van der Waals surface area contributed by atoms with Gasteiger partial charge < -0.3 is 9.84 Å². The maximum Gasteiger partial charge on any atom is 0.266 e. The van der Waals surface area contributed by atoms with Crippen LogP contribution in [0.25, 0.3) is 28.7 Å². The van der Waals surface area contributed by atoms with Gasteiger partial charge in [-0.3, -0.25) is 14.3 Å². The average molecular weight is 486 g/mol. The molecule has 2 aromatic heterocycles. The van der Waals surface area contributed by atoms with Gasteiger partial charge in [-0.1, -0.05) is 36.1 Å². The second-order valence-electron chi connectivity index (χ2n) is 8.39. The van der Waals surface area contributed by atoms with E-state index in [-0.39, 0.29) is 11.3 Å². The maximum absolute atomic E-state index is 13.7. The number of aromatic nitrogens is 3. The predicted octanol–water partition coefficient (Wildman–Crippen LogP) is 5.37. The molecule has 2 heterocycles. The standard InChI is InChI=1S/C31H23N3O3/c1-21-18-22(9-10-24-6-5-17-32-20-24)11-14-27(21)34-30(33-26-8-4-3-7-25(26)31(34)36)16-13-23-12-15-28(35)29(19-23)37-2/h3-8,11-20,35H,1-2H3. The molecule has 6 nitrogen and oxygen atoms in total. The Balaban J connectivity index is 1.61. The Morgan fingerprint density at radius 1 is 0.946 bits per heavy atom. The Hall–Kier alpha value is -5.15. The van der Waals surface area contributed by atoms with Crippen molar-refractivity contribution in [3.05, 3.63) is 124 Å². The molecule has 5 aromatic rings. The van der Waals surface area contributed by atoms with Gasteiger partial charge in [-0.15, -0.1) is 0 Å². The molecular formula is C31H23N3O3. The summed E-state index contributed by atoms with van der Waals surface area (Å²) in [5.74, 6) is 7.18. The molecule has 0 unspecified atom stereocenters. The van der Waals surface area contributed by atoms with Gasteiger partial charge in [0.1, 0.15) is 5.82 Å². The third-order valence-electron chi connectivity index (χ3n) is 5.88. The number of aromatic hydroxyl groups is 1. The van der Waals surface area contributed by atoms with Gasteiger partial charge in [0.05, 0.1) is 23.7 Å². The highest BCUT2D eigenvalue weighted by atomic mass is 16.5. The minimum Gasteiger partial charge on any atom is -0.504 e. The van der Waals surface area contributed by atoms with Crippen LogP contribution in [0.4, 0.5) is 0 Å². The van der Waals surface area contributed by atoms with Gasteiger partial charge >= 0.3 is 0 Å². The van der Waals surface area contributed by atoms with Crippen LogP contribution in [0.15, 0.2) is 90.0 Å². The number of nitrogens with zero attached hydrogens (tertiary/aromatic N) is 3. The van der Waals surface area contributed by atoms with Crippen molar-refractivity contribution in [2.75, 3.05) is 7.11 Å². The average Bonchev–Trinajstić information content (AvgIpc) is 2.93. The van der Waals surface area contributed by atoms with Crippen molar-refractivity contribution in [3.8, 4) is 29.0 Å². The van der Waals surface area contributed by atoms with Crippen LogP contribution < -0.4 is 10.3 Å². The lowest BCUT2D eigenvalue weighted by atomic mass is 10.1. The number of ether oxygens (including phenoxy) is 1. The van der Waals surface area contributed by atoms with Gasteiger partial charge in [-0.25, -0.2) is 4.98 Å². The quantitative estimate of drug-likeness (QED) is 0.346. The Labute approximate surface area is 214 Å². The smallest absolute Gasteiger partial charge is 0.266 e. The summed E-state index contributed by atoms with van der Waals surface area (Å²) in [6.07, 6.45) is 7.05. The Kier molecular flexibility index (Phi) is 6.52. The molecule has 0 aliphatic carbocycles. The van der Waals surface area contributed by atoms with E-state index in [1.54, 1.807) is 47.3 Å². The summed E-state index contributed by atoms with van der Waals surface area (Å²) in [7, 11) is 1.50. The van der Waals surface area contributed by atoms with Crippen LogP contribution in [0.1, 0.15) is 28.1 Å². The molecule has 3 aromatic carbocycles. The zero-order chi connectivity index (χ0) is 25.8. The summed E-state index contributed by atoms with van der Waals surface area (Å²) >= 11 is 0. The molecule has 0 bridgehead atoms. The fourth-order valence-corrected chi connectivity index (χ4v) is 4.03. The first-order valence-corrected chi connectivity index (χ1v) is 11.6. The van der Waals surface area contributed by atoms with Crippen molar-refractivity contribution >= 4 is 23.1 Å². The normalized spacial score (nSPS) is 10.9. The number of pyridine rings is 1. The predicted molar refractivity (Wildman–Crippen MR) is 146 cm³/mol. The molecule has 0 aliphatic heterocycles. The molecule has 1 N–H and O–H groups in total. The molecule has 0 saturated heterocycles. The van der Waals surface area contributed by atoms with Gasteiger partial charge in [-0.2, -0.15) is 0 Å². The second kappa shape index (κ2) is 10.2. The molecule has 0 atom stereocenters. The van der Waals surface area contributed by atoms with Crippen molar-refractivity contribution in [2.45, 2.75) is 6.92 Å². The largest absolute Gasteiger partial charge is 0.504 e. The number of phenolic OH excluding ortho intramolecular Hbond substituents is 1. The van der Waals surface area contributed by atoms with E-state index in [9.17, 15) is 9.90 Å². The van der Waals surface area contributed by atoms with Crippen LogP contribution in [-0.4, -0.2) is 26.8 Å². The minimum atomic E-state index is -0.161. The van der Waals surface area contributed by atoms with E-state index >= 15 is 0 Å². The number of benzene rings is 3. The van der Waals surface area contributed by atoms with Crippen molar-refractivity contribution in [1.82, 2.24) is 14.5 Å². The van der Waals surface area contributed by atoms with Gasteiger partial charge in [0, 0.05) is 23.5 Å². The van der Waals surface area contributed by atoms with Gasteiger partial charge in [-0.05, 0) is 78.7 Å². The SMILES string of the molecule is COc1cc(C=Cc2nc3ccccc3c(=O)n2-c2ccc(C#Cc3cccnc3)cc2C)ccc1O. The van der Waals surface area contributed by atoms with Crippen LogP contribution in [0, 0.1) is 18.8 Å². The summed E-state index contributed by atoms with van der Waals surface area (Å²) in [6.45, 7) is 1.95. The highest BCUT2D eigenvalue weighted by Crippen LogP contribution is 2.27. The Morgan fingerprint density at radius 3 is 2.57 bits per heavy atom.